The smallest absolute Gasteiger partial charge is 0.153 e. The maximum Gasteiger partial charge on any atom is 0.153 e. The molecule has 0 fully saturated rings. The van der Waals surface area contributed by atoms with E-state index in [9.17, 15) is 0 Å². The van der Waals surface area contributed by atoms with Crippen LogP contribution in [0, 0.1) is 13.8 Å². The van der Waals surface area contributed by atoms with Crippen LogP contribution in [0.3, 0.4) is 0 Å². The van der Waals surface area contributed by atoms with Crippen LogP contribution in [0.25, 0.3) is 0 Å². The van der Waals surface area contributed by atoms with E-state index >= 15 is 0 Å². The largest absolute Gasteiger partial charge is 0.396 e. The molecule has 0 bridgehead atoms. The Hall–Kier alpha value is -2.10. The van der Waals surface area contributed by atoms with Gasteiger partial charge < -0.3 is 11.1 Å². The average molecular weight is 214 g/mol. The SMILES string of the molecule is Cc1cncc(Nc2nccc(C)c2N)c1. The normalized spacial score (nSPS) is 10.1. The number of aryl methyl sites for hydroxylation is 2. The van der Waals surface area contributed by atoms with Crippen LogP contribution in [-0.2, 0) is 0 Å². The highest BCUT2D eigenvalue weighted by atomic mass is 15.0. The van der Waals surface area contributed by atoms with E-state index in [0.29, 0.717) is 11.5 Å². The van der Waals surface area contributed by atoms with Gasteiger partial charge in [-0.3, -0.25) is 4.98 Å². The van der Waals surface area contributed by atoms with Gasteiger partial charge in [-0.15, -0.1) is 0 Å². The summed E-state index contributed by atoms with van der Waals surface area (Å²) in [7, 11) is 0. The van der Waals surface area contributed by atoms with E-state index in [-0.39, 0.29) is 0 Å². The first-order chi connectivity index (χ1) is 7.66. The lowest BCUT2D eigenvalue weighted by atomic mass is 10.2. The number of anilines is 3. The highest BCUT2D eigenvalue weighted by Gasteiger charge is 2.03. The van der Waals surface area contributed by atoms with Crippen LogP contribution in [-0.4, -0.2) is 9.97 Å². The predicted molar refractivity (Wildman–Crippen MR) is 65.6 cm³/mol. The molecule has 0 saturated carbocycles. The molecule has 0 aliphatic carbocycles. The molecule has 0 aromatic carbocycles. The van der Waals surface area contributed by atoms with Gasteiger partial charge in [-0.2, -0.15) is 0 Å². The van der Waals surface area contributed by atoms with E-state index in [1.54, 1.807) is 18.6 Å². The lowest BCUT2D eigenvalue weighted by Gasteiger charge is -2.09. The molecule has 0 aliphatic heterocycles. The van der Waals surface area contributed by atoms with Crippen molar-refractivity contribution in [1.82, 2.24) is 9.97 Å². The van der Waals surface area contributed by atoms with Crippen molar-refractivity contribution >= 4 is 17.2 Å². The molecule has 0 aliphatic rings. The molecule has 0 saturated heterocycles. The minimum absolute atomic E-state index is 0.670. The topological polar surface area (TPSA) is 63.8 Å². The Labute approximate surface area is 94.5 Å². The Morgan fingerprint density at radius 2 is 2.06 bits per heavy atom. The average Bonchev–Trinajstić information content (AvgIpc) is 2.25. The van der Waals surface area contributed by atoms with Gasteiger partial charge in [-0.25, -0.2) is 4.98 Å². The number of nitrogens with one attached hydrogen (secondary N) is 1. The number of nitrogens with zero attached hydrogens (tertiary/aromatic N) is 2. The second kappa shape index (κ2) is 4.18. The Bertz CT molecular complexity index is 508. The maximum atomic E-state index is 5.92. The lowest BCUT2D eigenvalue weighted by molar-refractivity contribution is 1.24. The van der Waals surface area contributed by atoms with E-state index in [4.69, 9.17) is 5.73 Å². The summed E-state index contributed by atoms with van der Waals surface area (Å²) in [5.41, 5.74) is 9.59. The van der Waals surface area contributed by atoms with Crippen molar-refractivity contribution in [2.45, 2.75) is 13.8 Å². The van der Waals surface area contributed by atoms with Crippen LogP contribution < -0.4 is 11.1 Å². The van der Waals surface area contributed by atoms with Crippen molar-refractivity contribution in [3.63, 3.8) is 0 Å². The van der Waals surface area contributed by atoms with Gasteiger partial charge in [-0.1, -0.05) is 0 Å². The summed E-state index contributed by atoms with van der Waals surface area (Å²) in [6.45, 7) is 3.95. The van der Waals surface area contributed by atoms with Gasteiger partial charge in [-0.05, 0) is 37.1 Å². The molecule has 0 radical (unpaired) electrons. The number of nitrogen functional groups attached to an aromatic ring is 1. The Kier molecular flexibility index (Phi) is 2.72. The second-order valence-corrected chi connectivity index (χ2v) is 3.77. The van der Waals surface area contributed by atoms with Gasteiger partial charge in [0.2, 0.25) is 0 Å². The van der Waals surface area contributed by atoms with Crippen molar-refractivity contribution in [3.8, 4) is 0 Å². The summed E-state index contributed by atoms with van der Waals surface area (Å²) in [5, 5.41) is 3.16. The highest BCUT2D eigenvalue weighted by Crippen LogP contribution is 2.22. The summed E-state index contributed by atoms with van der Waals surface area (Å²) in [6.07, 6.45) is 5.28. The molecule has 0 atom stereocenters. The zero-order valence-electron chi connectivity index (χ0n) is 9.36. The van der Waals surface area contributed by atoms with E-state index in [1.165, 1.54) is 0 Å². The fraction of sp³-hybridized carbons (Fsp3) is 0.167. The third-order valence-corrected chi connectivity index (χ3v) is 2.35. The van der Waals surface area contributed by atoms with Gasteiger partial charge in [0.1, 0.15) is 0 Å². The Morgan fingerprint density at radius 1 is 1.25 bits per heavy atom. The van der Waals surface area contributed by atoms with E-state index in [2.05, 4.69) is 15.3 Å². The quantitative estimate of drug-likeness (QED) is 0.805. The highest BCUT2D eigenvalue weighted by molar-refractivity contribution is 5.70. The van der Waals surface area contributed by atoms with E-state index in [1.807, 2.05) is 26.0 Å². The molecule has 0 unspecified atom stereocenters. The molecule has 2 aromatic heterocycles. The van der Waals surface area contributed by atoms with Crippen LogP contribution in [0.4, 0.5) is 17.2 Å². The van der Waals surface area contributed by atoms with Crippen LogP contribution in [0.5, 0.6) is 0 Å². The lowest BCUT2D eigenvalue weighted by Crippen LogP contribution is -2.01. The molecule has 3 N–H and O–H groups in total. The van der Waals surface area contributed by atoms with Gasteiger partial charge in [0.25, 0.3) is 0 Å². The number of pyridine rings is 2. The molecule has 2 heterocycles. The molecule has 2 aromatic rings. The number of aromatic nitrogens is 2. The molecule has 4 nitrogen and oxygen atoms in total. The standard InChI is InChI=1S/C12H14N4/c1-8-5-10(7-14-6-8)16-12-11(13)9(2)3-4-15-12/h3-7H,13H2,1-2H3,(H,15,16). The monoisotopic (exact) mass is 214 g/mol. The van der Waals surface area contributed by atoms with Crippen LogP contribution in [0.15, 0.2) is 30.7 Å². The summed E-state index contributed by atoms with van der Waals surface area (Å²) in [4.78, 5) is 8.30. The third-order valence-electron chi connectivity index (χ3n) is 2.35. The summed E-state index contributed by atoms with van der Waals surface area (Å²) >= 11 is 0. The van der Waals surface area contributed by atoms with Crippen molar-refractivity contribution in [1.29, 1.82) is 0 Å². The minimum Gasteiger partial charge on any atom is -0.396 e. The van der Waals surface area contributed by atoms with Crippen LogP contribution in [0.2, 0.25) is 0 Å². The van der Waals surface area contributed by atoms with Gasteiger partial charge in [0.05, 0.1) is 17.6 Å². The Morgan fingerprint density at radius 3 is 2.81 bits per heavy atom. The predicted octanol–water partition coefficient (Wildman–Crippen LogP) is 2.42. The molecule has 4 heteroatoms. The van der Waals surface area contributed by atoms with E-state index in [0.717, 1.165) is 16.8 Å². The number of hydrogen-bond acceptors (Lipinski definition) is 4. The van der Waals surface area contributed by atoms with Gasteiger partial charge in [0, 0.05) is 12.4 Å². The summed E-state index contributed by atoms with van der Waals surface area (Å²) < 4.78 is 0. The zero-order valence-corrected chi connectivity index (χ0v) is 9.36. The number of rotatable bonds is 2. The van der Waals surface area contributed by atoms with Crippen LogP contribution in [0.1, 0.15) is 11.1 Å². The number of nitrogens with two attached hydrogens (primary N) is 1. The van der Waals surface area contributed by atoms with Crippen molar-refractivity contribution < 1.29 is 0 Å². The third kappa shape index (κ3) is 2.11. The first-order valence-electron chi connectivity index (χ1n) is 5.06. The molecule has 2 rings (SSSR count). The molecule has 82 valence electrons. The second-order valence-electron chi connectivity index (χ2n) is 3.77. The zero-order chi connectivity index (χ0) is 11.5. The van der Waals surface area contributed by atoms with Crippen molar-refractivity contribution in [2.75, 3.05) is 11.1 Å². The molecular formula is C12H14N4. The molecule has 16 heavy (non-hydrogen) atoms. The Balaban J connectivity index is 2.31. The van der Waals surface area contributed by atoms with E-state index < -0.39 is 0 Å². The van der Waals surface area contributed by atoms with Gasteiger partial charge >= 0.3 is 0 Å². The summed E-state index contributed by atoms with van der Waals surface area (Å²) in [5.74, 6) is 0.674. The minimum atomic E-state index is 0.670. The fourth-order valence-electron chi connectivity index (χ4n) is 1.43. The molecule has 0 amide bonds. The maximum absolute atomic E-state index is 5.92. The fourth-order valence-corrected chi connectivity index (χ4v) is 1.43. The molecule has 0 spiro atoms. The molecular weight excluding hydrogens is 200 g/mol. The summed E-state index contributed by atoms with van der Waals surface area (Å²) in [6, 6.07) is 3.88. The first kappa shape index (κ1) is 10.4. The first-order valence-corrected chi connectivity index (χ1v) is 5.06. The van der Waals surface area contributed by atoms with Crippen molar-refractivity contribution in [3.05, 3.63) is 41.9 Å². The van der Waals surface area contributed by atoms with Crippen LogP contribution >= 0.6 is 0 Å². The number of hydrogen-bond donors (Lipinski definition) is 2. The van der Waals surface area contributed by atoms with Crippen molar-refractivity contribution in [2.24, 2.45) is 0 Å². The van der Waals surface area contributed by atoms with Gasteiger partial charge in [0.15, 0.2) is 5.82 Å².